The van der Waals surface area contributed by atoms with Crippen molar-refractivity contribution < 1.29 is 19.1 Å². The molecule has 1 unspecified atom stereocenters. The first-order chi connectivity index (χ1) is 13.6. The van der Waals surface area contributed by atoms with Gasteiger partial charge in [-0.3, -0.25) is 14.5 Å². The normalized spacial score (nSPS) is 15.1. The summed E-state index contributed by atoms with van der Waals surface area (Å²) in [4.78, 5) is 27.0. The van der Waals surface area contributed by atoms with Gasteiger partial charge in [-0.1, -0.05) is 0 Å². The van der Waals surface area contributed by atoms with Crippen molar-refractivity contribution >= 4 is 28.8 Å². The first kappa shape index (κ1) is 20.2. The molecule has 2 N–H and O–H groups in total. The smallest absolute Gasteiger partial charge is 0.313 e. The molecular weight excluding hydrogens is 378 g/mol. The lowest BCUT2D eigenvalue weighted by molar-refractivity contribution is -0.136. The number of nitrogens with zero attached hydrogens (tertiary/aromatic N) is 1. The van der Waals surface area contributed by atoms with Gasteiger partial charge in [-0.25, -0.2) is 0 Å². The van der Waals surface area contributed by atoms with Crippen molar-refractivity contribution in [2.45, 2.75) is 18.9 Å². The van der Waals surface area contributed by atoms with E-state index in [0.717, 1.165) is 25.9 Å². The van der Waals surface area contributed by atoms with Crippen LogP contribution in [0.1, 0.15) is 24.4 Å². The molecule has 0 saturated carbocycles. The fourth-order valence-electron chi connectivity index (χ4n) is 3.35. The number of hydrogen-bond donors (Lipinski definition) is 2. The van der Waals surface area contributed by atoms with E-state index in [1.54, 1.807) is 29.5 Å². The molecule has 0 bridgehead atoms. The summed E-state index contributed by atoms with van der Waals surface area (Å²) in [6.07, 6.45) is 2.32. The molecule has 0 radical (unpaired) electrons. The maximum absolute atomic E-state index is 12.3. The molecule has 0 spiro atoms. The van der Waals surface area contributed by atoms with Gasteiger partial charge < -0.3 is 20.1 Å². The van der Waals surface area contributed by atoms with E-state index in [1.807, 2.05) is 5.38 Å². The zero-order valence-electron chi connectivity index (χ0n) is 16.1. The zero-order chi connectivity index (χ0) is 19.9. The number of hydrogen-bond acceptors (Lipinski definition) is 6. The van der Waals surface area contributed by atoms with Gasteiger partial charge in [-0.2, -0.15) is 11.3 Å². The van der Waals surface area contributed by atoms with Crippen LogP contribution >= 0.6 is 11.3 Å². The van der Waals surface area contributed by atoms with Crippen LogP contribution in [0.25, 0.3) is 0 Å². The van der Waals surface area contributed by atoms with Crippen LogP contribution in [-0.2, 0) is 9.59 Å². The van der Waals surface area contributed by atoms with Gasteiger partial charge >= 0.3 is 11.8 Å². The van der Waals surface area contributed by atoms with E-state index in [9.17, 15) is 9.59 Å². The van der Waals surface area contributed by atoms with E-state index in [2.05, 4.69) is 27.0 Å². The molecule has 28 heavy (non-hydrogen) atoms. The van der Waals surface area contributed by atoms with E-state index >= 15 is 0 Å². The summed E-state index contributed by atoms with van der Waals surface area (Å²) in [6.45, 7) is 2.41. The van der Waals surface area contributed by atoms with Crippen molar-refractivity contribution in [3.63, 3.8) is 0 Å². The van der Waals surface area contributed by atoms with Gasteiger partial charge in [-0.05, 0) is 60.5 Å². The van der Waals surface area contributed by atoms with E-state index in [0.29, 0.717) is 23.7 Å². The Hall–Kier alpha value is -2.58. The highest BCUT2D eigenvalue weighted by Gasteiger charge is 2.25. The highest BCUT2D eigenvalue weighted by molar-refractivity contribution is 7.08. The van der Waals surface area contributed by atoms with E-state index in [4.69, 9.17) is 9.47 Å². The number of ether oxygens (including phenoxy) is 2. The zero-order valence-corrected chi connectivity index (χ0v) is 16.9. The second kappa shape index (κ2) is 9.57. The Bertz CT molecular complexity index is 804. The Morgan fingerprint density at radius 2 is 1.86 bits per heavy atom. The van der Waals surface area contributed by atoms with Gasteiger partial charge in [0.25, 0.3) is 0 Å². The van der Waals surface area contributed by atoms with Crippen molar-refractivity contribution in [2.24, 2.45) is 0 Å². The van der Waals surface area contributed by atoms with Crippen LogP contribution in [0.2, 0.25) is 0 Å². The fraction of sp³-hybridized carbons (Fsp3) is 0.400. The minimum absolute atomic E-state index is 0.0894. The van der Waals surface area contributed by atoms with Gasteiger partial charge in [-0.15, -0.1) is 0 Å². The lowest BCUT2D eigenvalue weighted by Gasteiger charge is -2.27. The number of nitrogens with one attached hydrogen (secondary N) is 2. The van der Waals surface area contributed by atoms with Crippen molar-refractivity contribution in [1.29, 1.82) is 0 Å². The summed E-state index contributed by atoms with van der Waals surface area (Å²) < 4.78 is 10.4. The third kappa shape index (κ3) is 4.82. The molecule has 0 aliphatic carbocycles. The lowest BCUT2D eigenvalue weighted by Crippen LogP contribution is -2.41. The predicted molar refractivity (Wildman–Crippen MR) is 109 cm³/mol. The Labute approximate surface area is 168 Å². The summed E-state index contributed by atoms with van der Waals surface area (Å²) >= 11 is 1.63. The molecule has 1 atom stereocenters. The molecule has 1 aromatic heterocycles. The first-order valence-electron chi connectivity index (χ1n) is 9.19. The molecule has 1 saturated heterocycles. The number of carbonyl (C=O) groups is 2. The second-order valence-electron chi connectivity index (χ2n) is 6.55. The molecule has 1 aliphatic heterocycles. The highest BCUT2D eigenvalue weighted by atomic mass is 32.1. The molecule has 2 amide bonds. The van der Waals surface area contributed by atoms with Crippen molar-refractivity contribution in [1.82, 2.24) is 10.2 Å². The van der Waals surface area contributed by atoms with Crippen molar-refractivity contribution in [3.05, 3.63) is 40.6 Å². The fourth-order valence-corrected chi connectivity index (χ4v) is 4.05. The number of thiophene rings is 1. The number of likely N-dealkylation sites (tertiary alicyclic amines) is 1. The minimum Gasteiger partial charge on any atom is -0.493 e. The predicted octanol–water partition coefficient (Wildman–Crippen LogP) is 2.66. The van der Waals surface area contributed by atoms with Crippen LogP contribution in [0, 0.1) is 0 Å². The summed E-state index contributed by atoms with van der Waals surface area (Å²) in [5.74, 6) is -0.339. The largest absolute Gasteiger partial charge is 0.493 e. The van der Waals surface area contributed by atoms with Gasteiger partial charge in [0.15, 0.2) is 11.5 Å². The van der Waals surface area contributed by atoms with Gasteiger partial charge in [0.2, 0.25) is 0 Å². The lowest BCUT2D eigenvalue weighted by atomic mass is 10.1. The van der Waals surface area contributed by atoms with E-state index < -0.39 is 11.8 Å². The molecular formula is C20H25N3O4S. The maximum atomic E-state index is 12.3. The molecule has 1 aliphatic rings. The Morgan fingerprint density at radius 1 is 1.11 bits per heavy atom. The van der Waals surface area contributed by atoms with Crippen LogP contribution in [-0.4, -0.2) is 50.6 Å². The second-order valence-corrected chi connectivity index (χ2v) is 7.33. The number of amides is 2. The van der Waals surface area contributed by atoms with E-state index in [1.165, 1.54) is 19.8 Å². The molecule has 2 aromatic rings. The highest BCUT2D eigenvalue weighted by Crippen LogP contribution is 2.30. The summed E-state index contributed by atoms with van der Waals surface area (Å²) in [5, 5.41) is 9.50. The van der Waals surface area contributed by atoms with Crippen LogP contribution in [0.5, 0.6) is 11.5 Å². The monoisotopic (exact) mass is 403 g/mol. The molecule has 150 valence electrons. The molecule has 2 heterocycles. The van der Waals surface area contributed by atoms with Crippen LogP contribution in [0.3, 0.4) is 0 Å². The number of methoxy groups -OCH3 is 2. The van der Waals surface area contributed by atoms with Crippen LogP contribution in [0.4, 0.5) is 5.69 Å². The Balaban J connectivity index is 1.59. The minimum atomic E-state index is -0.710. The van der Waals surface area contributed by atoms with Crippen molar-refractivity contribution in [3.8, 4) is 11.5 Å². The van der Waals surface area contributed by atoms with E-state index in [-0.39, 0.29) is 6.04 Å². The molecule has 1 fully saturated rings. The Kier molecular flexibility index (Phi) is 6.89. The molecule has 3 rings (SSSR count). The van der Waals surface area contributed by atoms with Crippen molar-refractivity contribution in [2.75, 3.05) is 39.2 Å². The number of rotatable bonds is 7. The van der Waals surface area contributed by atoms with Gasteiger partial charge in [0, 0.05) is 18.3 Å². The topological polar surface area (TPSA) is 79.9 Å². The average molecular weight is 404 g/mol. The number of carbonyl (C=O) groups excluding carboxylic acids is 2. The third-order valence-corrected chi connectivity index (χ3v) is 5.51. The SMILES string of the molecule is COc1ccc(NC(=O)C(=O)NCC(c2ccsc2)N2CCCC2)cc1OC. The van der Waals surface area contributed by atoms with Crippen LogP contribution < -0.4 is 20.1 Å². The van der Waals surface area contributed by atoms with Crippen LogP contribution in [0.15, 0.2) is 35.0 Å². The average Bonchev–Trinajstić information content (AvgIpc) is 3.42. The van der Waals surface area contributed by atoms with Gasteiger partial charge in [0.1, 0.15) is 0 Å². The molecule has 8 heteroatoms. The number of benzene rings is 1. The van der Waals surface area contributed by atoms with Gasteiger partial charge in [0.05, 0.1) is 20.3 Å². The third-order valence-electron chi connectivity index (χ3n) is 4.81. The summed E-state index contributed by atoms with van der Waals surface area (Å²) in [6, 6.07) is 7.11. The molecule has 7 nitrogen and oxygen atoms in total. The Morgan fingerprint density at radius 3 is 2.50 bits per heavy atom. The molecule has 1 aromatic carbocycles. The quantitative estimate of drug-likeness (QED) is 0.695. The number of anilines is 1. The summed E-state index contributed by atoms with van der Waals surface area (Å²) in [7, 11) is 3.05. The maximum Gasteiger partial charge on any atom is 0.313 e. The first-order valence-corrected chi connectivity index (χ1v) is 10.1. The summed E-state index contributed by atoms with van der Waals surface area (Å²) in [5.41, 5.74) is 1.64. The standard InChI is InChI=1S/C20H25N3O4S/c1-26-17-6-5-15(11-18(17)27-2)22-20(25)19(24)21-12-16(14-7-10-28-13-14)23-8-3-4-9-23/h5-7,10-11,13,16H,3-4,8-9,12H2,1-2H3,(H,21,24)(H,22,25).